The van der Waals surface area contributed by atoms with Gasteiger partial charge in [0, 0.05) is 24.1 Å². The average Bonchev–Trinajstić information content (AvgIpc) is 2.75. The van der Waals surface area contributed by atoms with Gasteiger partial charge in [-0.2, -0.15) is 0 Å². The summed E-state index contributed by atoms with van der Waals surface area (Å²) >= 11 is 12.0. The molecular formula is C19H18Cl2FN5O3. The zero-order chi connectivity index (χ0) is 21.7. The second kappa shape index (κ2) is 9.64. The molecule has 0 spiro atoms. The summed E-state index contributed by atoms with van der Waals surface area (Å²) in [5.74, 6) is 0.186. The molecule has 0 fully saturated rings. The summed E-state index contributed by atoms with van der Waals surface area (Å²) < 4.78 is 24.4. The van der Waals surface area contributed by atoms with Crippen LogP contribution in [0, 0.1) is 5.82 Å². The normalized spacial score (nSPS) is 13.1. The van der Waals surface area contributed by atoms with E-state index in [4.69, 9.17) is 38.4 Å². The summed E-state index contributed by atoms with van der Waals surface area (Å²) in [7, 11) is 1.47. The van der Waals surface area contributed by atoms with Crippen molar-refractivity contribution < 1.29 is 18.7 Å². The van der Waals surface area contributed by atoms with Crippen molar-refractivity contribution in [2.75, 3.05) is 31.3 Å². The zero-order valence-electron chi connectivity index (χ0n) is 15.9. The molecule has 0 atom stereocenters. The molecule has 0 unspecified atom stereocenters. The van der Waals surface area contributed by atoms with Gasteiger partial charge in [0.2, 0.25) is 0 Å². The van der Waals surface area contributed by atoms with E-state index in [0.717, 1.165) is 0 Å². The fourth-order valence-electron chi connectivity index (χ4n) is 2.66. The van der Waals surface area contributed by atoms with E-state index >= 15 is 0 Å². The first-order valence-electron chi connectivity index (χ1n) is 8.78. The standard InChI is InChI=1S/C19H18Cl2FN5O3/c1-29-16-4-2-3-8-27(16)19(28)24-15-10-14(18(23)26-25-15)30-9-7-11-12(20)5-6-13(22)17(11)21/h2-6,10H,7-9H2,1H3,(H2,23,26)(H,24,25,28). The highest BCUT2D eigenvalue weighted by Crippen LogP contribution is 2.28. The number of nitrogens with zero attached hydrogens (tertiary/aromatic N) is 3. The second-order valence-electron chi connectivity index (χ2n) is 6.08. The van der Waals surface area contributed by atoms with Crippen LogP contribution in [0.4, 0.5) is 20.8 Å². The van der Waals surface area contributed by atoms with Gasteiger partial charge in [-0.1, -0.05) is 35.4 Å². The highest BCUT2D eigenvalue weighted by Gasteiger charge is 2.20. The number of carbonyl (C=O) groups excluding carboxylic acids is 1. The van der Waals surface area contributed by atoms with Crippen LogP contribution in [0.1, 0.15) is 5.56 Å². The van der Waals surface area contributed by atoms with Crippen molar-refractivity contribution in [3.05, 3.63) is 63.7 Å². The number of urea groups is 1. The fourth-order valence-corrected chi connectivity index (χ4v) is 3.22. The molecule has 158 valence electrons. The molecule has 0 aliphatic carbocycles. The number of hydrogen-bond donors (Lipinski definition) is 2. The van der Waals surface area contributed by atoms with E-state index < -0.39 is 11.8 Å². The molecule has 3 rings (SSSR count). The number of nitrogens with one attached hydrogen (secondary N) is 1. The van der Waals surface area contributed by atoms with Gasteiger partial charge in [-0.15, -0.1) is 10.2 Å². The first-order chi connectivity index (χ1) is 14.4. The predicted octanol–water partition coefficient (Wildman–Crippen LogP) is 4.02. The summed E-state index contributed by atoms with van der Waals surface area (Å²) in [5.41, 5.74) is 6.22. The van der Waals surface area contributed by atoms with Gasteiger partial charge < -0.3 is 15.2 Å². The van der Waals surface area contributed by atoms with Crippen molar-refractivity contribution >= 4 is 40.9 Å². The number of anilines is 2. The number of ether oxygens (including phenoxy) is 2. The number of allylic oxidation sites excluding steroid dienone is 2. The Morgan fingerprint density at radius 2 is 2.17 bits per heavy atom. The monoisotopic (exact) mass is 453 g/mol. The summed E-state index contributed by atoms with van der Waals surface area (Å²) in [6, 6.07) is 3.59. The number of halogens is 3. The number of amides is 2. The molecule has 2 heterocycles. The Balaban J connectivity index is 1.66. The minimum atomic E-state index is -0.566. The summed E-state index contributed by atoms with van der Waals surface area (Å²) in [6.45, 7) is 0.437. The van der Waals surface area contributed by atoms with E-state index in [1.807, 2.05) is 0 Å². The molecule has 1 aromatic heterocycles. The number of nitrogens with two attached hydrogens (primary N) is 1. The van der Waals surface area contributed by atoms with Crippen LogP contribution < -0.4 is 15.8 Å². The molecule has 0 saturated heterocycles. The molecule has 1 aliphatic rings. The first kappa shape index (κ1) is 21.7. The number of aromatic nitrogens is 2. The average molecular weight is 454 g/mol. The first-order valence-corrected chi connectivity index (χ1v) is 9.54. The Labute approximate surface area is 182 Å². The quantitative estimate of drug-likeness (QED) is 0.640. The highest BCUT2D eigenvalue weighted by atomic mass is 35.5. The van der Waals surface area contributed by atoms with Gasteiger partial charge in [-0.25, -0.2) is 9.18 Å². The Morgan fingerprint density at radius 1 is 1.37 bits per heavy atom. The molecule has 8 nitrogen and oxygen atoms in total. The van der Waals surface area contributed by atoms with E-state index in [1.165, 1.54) is 30.2 Å². The number of benzene rings is 1. The molecule has 11 heteroatoms. The molecule has 3 N–H and O–H groups in total. The van der Waals surface area contributed by atoms with E-state index in [9.17, 15) is 9.18 Å². The number of carbonyl (C=O) groups is 1. The molecule has 0 bridgehead atoms. The maximum absolute atomic E-state index is 13.6. The molecule has 1 aromatic carbocycles. The number of rotatable bonds is 6. The van der Waals surface area contributed by atoms with Gasteiger partial charge in [-0.3, -0.25) is 10.2 Å². The molecule has 0 radical (unpaired) electrons. The van der Waals surface area contributed by atoms with Crippen molar-refractivity contribution in [1.82, 2.24) is 15.1 Å². The Kier molecular flexibility index (Phi) is 6.96. The largest absolute Gasteiger partial charge is 0.489 e. The van der Waals surface area contributed by atoms with E-state index in [1.54, 1.807) is 18.2 Å². The lowest BCUT2D eigenvalue weighted by atomic mass is 10.1. The van der Waals surface area contributed by atoms with Crippen molar-refractivity contribution in [2.45, 2.75) is 6.42 Å². The van der Waals surface area contributed by atoms with Crippen LogP contribution in [-0.4, -0.2) is 41.4 Å². The molecule has 2 aromatic rings. The number of nitrogen functional groups attached to an aromatic ring is 1. The van der Waals surface area contributed by atoms with E-state index in [2.05, 4.69) is 15.5 Å². The SMILES string of the molecule is COC1=CC=CCN1C(=O)Nc1cc(OCCc2c(Cl)ccc(F)c2Cl)c(N)nn1. The fraction of sp³-hybridized carbons (Fsp3) is 0.211. The smallest absolute Gasteiger partial charge is 0.330 e. The van der Waals surface area contributed by atoms with Crippen LogP contribution in [0.3, 0.4) is 0 Å². The van der Waals surface area contributed by atoms with Crippen molar-refractivity contribution in [2.24, 2.45) is 0 Å². The topological polar surface area (TPSA) is 103 Å². The lowest BCUT2D eigenvalue weighted by Crippen LogP contribution is -2.36. The number of hydrogen-bond acceptors (Lipinski definition) is 6. The summed E-state index contributed by atoms with van der Waals surface area (Å²) in [5, 5.41) is 10.5. The van der Waals surface area contributed by atoms with E-state index in [-0.39, 0.29) is 35.4 Å². The third-order valence-corrected chi connectivity index (χ3v) is 4.92. The van der Waals surface area contributed by atoms with Crippen LogP contribution in [-0.2, 0) is 11.2 Å². The summed E-state index contributed by atoms with van der Waals surface area (Å²) in [4.78, 5) is 13.9. The van der Waals surface area contributed by atoms with Crippen molar-refractivity contribution in [1.29, 1.82) is 0 Å². The van der Waals surface area contributed by atoms with Gasteiger partial charge in [0.05, 0.1) is 18.7 Å². The Morgan fingerprint density at radius 3 is 2.93 bits per heavy atom. The Hall–Kier alpha value is -3.04. The lowest BCUT2D eigenvalue weighted by molar-refractivity contribution is 0.167. The minimum Gasteiger partial charge on any atom is -0.489 e. The molecule has 0 saturated carbocycles. The van der Waals surface area contributed by atoms with Crippen LogP contribution in [0.2, 0.25) is 10.0 Å². The lowest BCUT2D eigenvalue weighted by Gasteiger charge is -2.24. The van der Waals surface area contributed by atoms with Gasteiger partial charge in [0.1, 0.15) is 5.82 Å². The van der Waals surface area contributed by atoms with Gasteiger partial charge in [0.25, 0.3) is 0 Å². The maximum atomic E-state index is 13.6. The third-order valence-electron chi connectivity index (χ3n) is 4.15. The van der Waals surface area contributed by atoms with Gasteiger partial charge >= 0.3 is 6.03 Å². The third kappa shape index (κ3) is 4.92. The minimum absolute atomic E-state index is 0.0304. The van der Waals surface area contributed by atoms with Gasteiger partial charge in [-0.05, 0) is 23.8 Å². The van der Waals surface area contributed by atoms with Gasteiger partial charge in [0.15, 0.2) is 23.3 Å². The Bertz CT molecular complexity index is 1020. The predicted molar refractivity (Wildman–Crippen MR) is 112 cm³/mol. The molecule has 30 heavy (non-hydrogen) atoms. The van der Waals surface area contributed by atoms with E-state index in [0.29, 0.717) is 23.0 Å². The summed E-state index contributed by atoms with van der Waals surface area (Å²) in [6.07, 6.45) is 5.48. The van der Waals surface area contributed by atoms with Crippen LogP contribution >= 0.6 is 23.2 Å². The van der Waals surface area contributed by atoms with Crippen molar-refractivity contribution in [3.63, 3.8) is 0 Å². The second-order valence-corrected chi connectivity index (χ2v) is 6.86. The maximum Gasteiger partial charge on any atom is 0.330 e. The van der Waals surface area contributed by atoms with Crippen LogP contribution in [0.5, 0.6) is 5.75 Å². The zero-order valence-corrected chi connectivity index (χ0v) is 17.4. The number of methoxy groups -OCH3 is 1. The van der Waals surface area contributed by atoms with Crippen molar-refractivity contribution in [3.8, 4) is 5.75 Å². The van der Waals surface area contributed by atoms with Crippen LogP contribution in [0.25, 0.3) is 0 Å². The molecular weight excluding hydrogens is 436 g/mol. The van der Waals surface area contributed by atoms with Crippen LogP contribution in [0.15, 0.2) is 42.3 Å². The molecule has 1 aliphatic heterocycles. The molecule has 2 amide bonds. The highest BCUT2D eigenvalue weighted by molar-refractivity contribution is 6.36.